The smallest absolute Gasteiger partial charge is 0.206 e. The molecule has 3 heterocycles. The highest BCUT2D eigenvalue weighted by Crippen LogP contribution is 2.37. The molecule has 3 nitrogen and oxygen atoms in total. The standard InChI is InChI=1S/C60H59F3N3/c1-32-14-16-49-46(22-32)18-20-65(59(49)51-25-35(4)56(62)42(11)39(51)8)31-45-23-33(2)48-19-21-66(60(54(48)28-45)52-26-36(5)57(63)43(12)40(52)9)30-44-15-17-47-37(6)29-64(13)58(53(47)27-44)50-24-34(3)55(61)41(10)38(50)7/h14-29H,30-31H2,1-13H3/q+3. The van der Waals surface area contributed by atoms with Gasteiger partial charge in [0.25, 0.3) is 0 Å². The van der Waals surface area contributed by atoms with Crippen molar-refractivity contribution in [2.75, 3.05) is 0 Å². The maximum Gasteiger partial charge on any atom is 0.221 e. The van der Waals surface area contributed by atoms with E-state index in [0.717, 1.165) is 105 Å². The molecule has 0 bridgehead atoms. The number of rotatable bonds is 7. The Bertz CT molecular complexity index is 3540. The SMILES string of the molecule is Cc1ccc2c(-c3cc(C)c(F)c(C)c3C)[n+](Cc3cc(C)c4cc[n+](Cc5ccc6c(C)c[n+](C)c(-c7cc(C)c(F)c(C)c7C)c6c5)c(-c5cc(C)c(F)c(C)c5C)c4c3)ccc2c1. The van der Waals surface area contributed by atoms with Crippen molar-refractivity contribution in [1.82, 2.24) is 0 Å². The van der Waals surface area contributed by atoms with Crippen molar-refractivity contribution in [1.29, 1.82) is 0 Å². The average Bonchev–Trinajstić information content (AvgIpc) is 3.28. The molecule has 0 aliphatic heterocycles. The zero-order chi connectivity index (χ0) is 47.2. The van der Waals surface area contributed by atoms with Gasteiger partial charge in [0.05, 0.1) is 32.8 Å². The normalized spacial score (nSPS) is 11.8. The van der Waals surface area contributed by atoms with Gasteiger partial charge in [-0.2, -0.15) is 9.13 Å². The second-order valence-corrected chi connectivity index (χ2v) is 19.1. The monoisotopic (exact) mass is 878 g/mol. The molecule has 0 spiro atoms. The van der Waals surface area contributed by atoms with Gasteiger partial charge in [-0.3, -0.25) is 0 Å². The predicted octanol–water partition coefficient (Wildman–Crippen LogP) is 13.8. The highest BCUT2D eigenvalue weighted by atomic mass is 19.1. The Labute approximate surface area is 387 Å². The van der Waals surface area contributed by atoms with Gasteiger partial charge in [0.1, 0.15) is 24.5 Å². The van der Waals surface area contributed by atoms with Crippen LogP contribution in [0.5, 0.6) is 0 Å². The van der Waals surface area contributed by atoms with Gasteiger partial charge in [-0.25, -0.2) is 17.7 Å². The molecule has 0 amide bonds. The van der Waals surface area contributed by atoms with Gasteiger partial charge in [0.15, 0.2) is 31.7 Å². The molecule has 0 unspecified atom stereocenters. The van der Waals surface area contributed by atoms with Crippen molar-refractivity contribution < 1.29 is 26.9 Å². The summed E-state index contributed by atoms with van der Waals surface area (Å²) in [6, 6.07) is 28.3. The number of hydrogen-bond donors (Lipinski definition) is 0. The lowest BCUT2D eigenvalue weighted by Crippen LogP contribution is -2.38. The van der Waals surface area contributed by atoms with Crippen molar-refractivity contribution in [3.05, 3.63) is 193 Å². The molecule has 0 aliphatic rings. The first-order valence-electron chi connectivity index (χ1n) is 22.9. The number of halogens is 3. The second kappa shape index (κ2) is 16.6. The van der Waals surface area contributed by atoms with E-state index in [4.69, 9.17) is 0 Å². The number of aromatic nitrogens is 3. The van der Waals surface area contributed by atoms with E-state index >= 15 is 13.2 Å². The molecule has 0 saturated carbocycles. The van der Waals surface area contributed by atoms with Crippen molar-refractivity contribution >= 4 is 32.3 Å². The van der Waals surface area contributed by atoms with Crippen LogP contribution in [0.15, 0.2) is 97.5 Å². The molecule has 0 atom stereocenters. The third kappa shape index (κ3) is 7.35. The Morgan fingerprint density at radius 2 is 0.833 bits per heavy atom. The van der Waals surface area contributed by atoms with Gasteiger partial charge in [-0.15, -0.1) is 0 Å². The highest BCUT2D eigenvalue weighted by molar-refractivity contribution is 5.98. The molecule has 6 aromatic carbocycles. The van der Waals surface area contributed by atoms with E-state index in [1.165, 1.54) is 5.56 Å². The van der Waals surface area contributed by atoms with E-state index in [1.54, 1.807) is 0 Å². The number of hydrogen-bond acceptors (Lipinski definition) is 0. The summed E-state index contributed by atoms with van der Waals surface area (Å²) in [5.74, 6) is -0.493. The largest absolute Gasteiger partial charge is 0.221 e. The van der Waals surface area contributed by atoms with Crippen molar-refractivity contribution in [3.8, 4) is 33.8 Å². The fourth-order valence-electron chi connectivity index (χ4n) is 10.5. The van der Waals surface area contributed by atoms with Gasteiger partial charge in [-0.05, 0) is 197 Å². The quantitative estimate of drug-likeness (QED) is 0.141. The van der Waals surface area contributed by atoms with E-state index in [1.807, 2.05) is 80.5 Å². The highest BCUT2D eigenvalue weighted by Gasteiger charge is 2.28. The van der Waals surface area contributed by atoms with Crippen LogP contribution in [0, 0.1) is 101 Å². The zero-order valence-electron chi connectivity index (χ0n) is 40.6. The molecule has 332 valence electrons. The molecule has 6 heteroatoms. The average molecular weight is 879 g/mol. The summed E-state index contributed by atoms with van der Waals surface area (Å²) in [5, 5.41) is 6.72. The van der Waals surface area contributed by atoms with E-state index < -0.39 is 0 Å². The van der Waals surface area contributed by atoms with E-state index in [-0.39, 0.29) is 17.5 Å². The molecular weight excluding hydrogens is 820 g/mol. The molecule has 9 aromatic rings. The van der Waals surface area contributed by atoms with Gasteiger partial charge < -0.3 is 0 Å². The van der Waals surface area contributed by atoms with E-state index in [2.05, 4.69) is 121 Å². The van der Waals surface area contributed by atoms with Crippen LogP contribution in [0.25, 0.3) is 66.1 Å². The first-order valence-corrected chi connectivity index (χ1v) is 22.9. The lowest BCUT2D eigenvalue weighted by atomic mass is 9.91. The van der Waals surface area contributed by atoms with Crippen LogP contribution in [-0.4, -0.2) is 0 Å². The minimum absolute atomic E-state index is 0.157. The van der Waals surface area contributed by atoms with E-state index in [9.17, 15) is 0 Å². The number of benzene rings is 6. The molecular formula is C60H59F3N3+3. The molecule has 0 N–H and O–H groups in total. The van der Waals surface area contributed by atoms with Crippen molar-refractivity contribution in [2.24, 2.45) is 7.05 Å². The molecule has 9 rings (SSSR count). The Hall–Kier alpha value is -6.66. The maximum atomic E-state index is 15.7. The molecule has 0 radical (unpaired) electrons. The summed E-state index contributed by atoms with van der Waals surface area (Å²) in [6.45, 7) is 24.8. The summed E-state index contributed by atoms with van der Waals surface area (Å²) in [6.07, 6.45) is 6.50. The summed E-state index contributed by atoms with van der Waals surface area (Å²) < 4.78 is 53.0. The van der Waals surface area contributed by atoms with Crippen LogP contribution in [0.1, 0.15) is 77.9 Å². The fraction of sp³-hybridized carbons (Fsp3) is 0.250. The topological polar surface area (TPSA) is 11.6 Å². The third-order valence-electron chi connectivity index (χ3n) is 14.6. The van der Waals surface area contributed by atoms with Gasteiger partial charge in [-0.1, -0.05) is 29.8 Å². The molecule has 0 fully saturated rings. The Kier molecular flexibility index (Phi) is 11.2. The number of pyridine rings is 3. The predicted molar refractivity (Wildman–Crippen MR) is 265 cm³/mol. The minimum Gasteiger partial charge on any atom is -0.206 e. The van der Waals surface area contributed by atoms with Crippen molar-refractivity contribution in [3.63, 3.8) is 0 Å². The lowest BCUT2D eigenvalue weighted by molar-refractivity contribution is -0.676. The lowest BCUT2D eigenvalue weighted by Gasteiger charge is -2.17. The first-order chi connectivity index (χ1) is 31.3. The van der Waals surface area contributed by atoms with Crippen LogP contribution >= 0.6 is 0 Å². The minimum atomic E-state index is -0.177. The van der Waals surface area contributed by atoms with Crippen LogP contribution in [-0.2, 0) is 20.1 Å². The van der Waals surface area contributed by atoms with Crippen molar-refractivity contribution in [2.45, 2.75) is 96.2 Å². The summed E-state index contributed by atoms with van der Waals surface area (Å²) >= 11 is 0. The Balaban J connectivity index is 1.26. The third-order valence-corrected chi connectivity index (χ3v) is 14.6. The van der Waals surface area contributed by atoms with Gasteiger partial charge >= 0.3 is 0 Å². The summed E-state index contributed by atoms with van der Waals surface area (Å²) in [4.78, 5) is 0. The van der Waals surface area contributed by atoms with Crippen LogP contribution < -0.4 is 13.7 Å². The second-order valence-electron chi connectivity index (χ2n) is 19.1. The summed E-state index contributed by atoms with van der Waals surface area (Å²) in [7, 11) is 2.07. The molecule has 66 heavy (non-hydrogen) atoms. The maximum absolute atomic E-state index is 15.7. The zero-order valence-corrected chi connectivity index (χ0v) is 40.6. The Morgan fingerprint density at radius 1 is 0.379 bits per heavy atom. The number of fused-ring (bicyclic) bond motifs is 3. The van der Waals surface area contributed by atoms with Crippen LogP contribution in [0.2, 0.25) is 0 Å². The molecule has 0 saturated heterocycles. The van der Waals surface area contributed by atoms with Crippen LogP contribution in [0.3, 0.4) is 0 Å². The number of aryl methyl sites for hydroxylation is 7. The fourth-order valence-corrected chi connectivity index (χ4v) is 10.5. The van der Waals surface area contributed by atoms with Gasteiger partial charge in [0.2, 0.25) is 17.1 Å². The Morgan fingerprint density at radius 3 is 1.41 bits per heavy atom. The summed E-state index contributed by atoms with van der Waals surface area (Å²) in [5.41, 5.74) is 18.5. The molecule has 0 aliphatic carbocycles. The van der Waals surface area contributed by atoms with E-state index in [0.29, 0.717) is 46.5 Å². The first kappa shape index (κ1) is 44.5. The van der Waals surface area contributed by atoms with Gasteiger partial charge in [0, 0.05) is 28.8 Å². The number of nitrogens with zero attached hydrogens (tertiary/aromatic N) is 3. The molecule has 3 aromatic heterocycles. The van der Waals surface area contributed by atoms with Crippen LogP contribution in [0.4, 0.5) is 13.2 Å².